The van der Waals surface area contributed by atoms with E-state index in [1.54, 1.807) is 18.2 Å². The van der Waals surface area contributed by atoms with Gasteiger partial charge in [-0.25, -0.2) is 9.37 Å². The Bertz CT molecular complexity index is 416. The summed E-state index contributed by atoms with van der Waals surface area (Å²) in [7, 11) is 0. The summed E-state index contributed by atoms with van der Waals surface area (Å²) in [5.74, 6) is -0.352. The van der Waals surface area contributed by atoms with Crippen LogP contribution in [0.1, 0.15) is 0 Å². The number of halogens is 2. The van der Waals surface area contributed by atoms with Gasteiger partial charge in [-0.2, -0.15) is 0 Å². The molecule has 0 saturated carbocycles. The van der Waals surface area contributed by atoms with Gasteiger partial charge in [0.25, 0.3) is 0 Å². The molecule has 0 radical (unpaired) electrons. The minimum atomic E-state index is -0.352. The van der Waals surface area contributed by atoms with Crippen LogP contribution in [0.2, 0.25) is 5.15 Å². The van der Waals surface area contributed by atoms with Crippen molar-refractivity contribution >= 4 is 11.6 Å². The van der Waals surface area contributed by atoms with Gasteiger partial charge in [0.15, 0.2) is 5.15 Å². The molecule has 0 saturated heterocycles. The van der Waals surface area contributed by atoms with Gasteiger partial charge in [-0.3, -0.25) is 4.98 Å². The van der Waals surface area contributed by atoms with Crippen LogP contribution in [0.5, 0.6) is 0 Å². The Kier molecular flexibility index (Phi) is 2.41. The molecule has 0 N–H and O–H groups in total. The monoisotopic (exact) mass is 208 g/mol. The van der Waals surface area contributed by atoms with Crippen molar-refractivity contribution in [2.75, 3.05) is 0 Å². The lowest BCUT2D eigenvalue weighted by Crippen LogP contribution is -1.89. The summed E-state index contributed by atoms with van der Waals surface area (Å²) < 4.78 is 13.3. The lowest BCUT2D eigenvalue weighted by atomic mass is 10.1. The van der Waals surface area contributed by atoms with E-state index in [4.69, 9.17) is 11.6 Å². The second kappa shape index (κ2) is 3.72. The maximum Gasteiger partial charge on any atom is 0.155 e. The van der Waals surface area contributed by atoms with Gasteiger partial charge in [-0.05, 0) is 12.1 Å². The maximum atomic E-state index is 13.3. The Morgan fingerprint density at radius 2 is 1.79 bits per heavy atom. The highest BCUT2D eigenvalue weighted by Crippen LogP contribution is 2.25. The zero-order valence-corrected chi connectivity index (χ0v) is 7.87. The Labute approximate surface area is 85.4 Å². The third-order valence-corrected chi connectivity index (χ3v) is 2.06. The summed E-state index contributed by atoms with van der Waals surface area (Å²) >= 11 is 5.79. The Morgan fingerprint density at radius 3 is 2.50 bits per heavy atom. The van der Waals surface area contributed by atoms with Crippen LogP contribution in [0.4, 0.5) is 4.39 Å². The number of nitrogens with zero attached hydrogens (tertiary/aromatic N) is 2. The lowest BCUT2D eigenvalue weighted by Gasteiger charge is -2.02. The van der Waals surface area contributed by atoms with Crippen molar-refractivity contribution in [3.63, 3.8) is 0 Å². The summed E-state index contributed by atoms with van der Waals surface area (Å²) in [5, 5.41) is 0.206. The second-order valence-electron chi connectivity index (χ2n) is 2.68. The van der Waals surface area contributed by atoms with Crippen LogP contribution < -0.4 is 0 Å². The molecule has 0 bridgehead atoms. The quantitative estimate of drug-likeness (QED) is 0.720. The molecule has 2 aromatic rings. The van der Waals surface area contributed by atoms with Crippen LogP contribution in [-0.4, -0.2) is 9.97 Å². The van der Waals surface area contributed by atoms with Gasteiger partial charge < -0.3 is 0 Å². The van der Waals surface area contributed by atoms with Crippen molar-refractivity contribution in [2.24, 2.45) is 0 Å². The van der Waals surface area contributed by atoms with E-state index < -0.39 is 0 Å². The highest BCUT2D eigenvalue weighted by Gasteiger charge is 2.09. The average molecular weight is 209 g/mol. The molecule has 0 amide bonds. The lowest BCUT2D eigenvalue weighted by molar-refractivity contribution is 0.630. The fourth-order valence-electron chi connectivity index (χ4n) is 1.15. The first-order chi connectivity index (χ1) is 6.79. The fraction of sp³-hybridized carbons (Fsp3) is 0. The molecule has 14 heavy (non-hydrogen) atoms. The minimum Gasteiger partial charge on any atom is -0.251 e. The van der Waals surface area contributed by atoms with Gasteiger partial charge in [0.1, 0.15) is 11.5 Å². The van der Waals surface area contributed by atoms with E-state index in [-0.39, 0.29) is 11.0 Å². The van der Waals surface area contributed by atoms with Crippen LogP contribution in [0, 0.1) is 5.82 Å². The van der Waals surface area contributed by atoms with E-state index >= 15 is 0 Å². The average Bonchev–Trinajstić information content (AvgIpc) is 2.20. The van der Waals surface area contributed by atoms with Gasteiger partial charge in [0.05, 0.1) is 0 Å². The van der Waals surface area contributed by atoms with E-state index in [1.807, 2.05) is 0 Å². The number of benzene rings is 1. The Hall–Kier alpha value is -1.48. The van der Waals surface area contributed by atoms with Crippen molar-refractivity contribution in [3.8, 4) is 11.3 Å². The smallest absolute Gasteiger partial charge is 0.155 e. The normalized spacial score (nSPS) is 10.1. The van der Waals surface area contributed by atoms with E-state index in [0.717, 1.165) is 0 Å². The molecule has 70 valence electrons. The van der Waals surface area contributed by atoms with E-state index in [1.165, 1.54) is 18.5 Å². The van der Waals surface area contributed by atoms with E-state index in [9.17, 15) is 4.39 Å². The predicted molar refractivity (Wildman–Crippen MR) is 52.4 cm³/mol. The summed E-state index contributed by atoms with van der Waals surface area (Å²) in [5.41, 5.74) is 0.734. The first-order valence-corrected chi connectivity index (χ1v) is 4.38. The zero-order chi connectivity index (χ0) is 9.97. The molecule has 0 fully saturated rings. The zero-order valence-electron chi connectivity index (χ0n) is 7.11. The van der Waals surface area contributed by atoms with Crippen LogP contribution >= 0.6 is 11.6 Å². The number of hydrogen-bond donors (Lipinski definition) is 0. The third-order valence-electron chi connectivity index (χ3n) is 1.78. The molecule has 0 unspecified atom stereocenters. The SMILES string of the molecule is Fc1ccccc1-c1nccnc1Cl. The van der Waals surface area contributed by atoms with Crippen LogP contribution in [-0.2, 0) is 0 Å². The standard InChI is InChI=1S/C10H6ClFN2/c11-10-9(13-5-6-14-10)7-3-1-2-4-8(7)12/h1-6H. The number of hydrogen-bond acceptors (Lipinski definition) is 2. The highest BCUT2D eigenvalue weighted by atomic mass is 35.5. The molecule has 0 spiro atoms. The van der Waals surface area contributed by atoms with Gasteiger partial charge in [-0.15, -0.1) is 0 Å². The van der Waals surface area contributed by atoms with Crippen molar-refractivity contribution in [1.82, 2.24) is 9.97 Å². The summed E-state index contributed by atoms with van der Waals surface area (Å²) in [6.45, 7) is 0. The summed E-state index contributed by atoms with van der Waals surface area (Å²) in [4.78, 5) is 7.81. The van der Waals surface area contributed by atoms with Crippen LogP contribution in [0.15, 0.2) is 36.7 Å². The van der Waals surface area contributed by atoms with Crippen LogP contribution in [0.3, 0.4) is 0 Å². The fourth-order valence-corrected chi connectivity index (χ4v) is 1.36. The summed E-state index contributed by atoms with van der Waals surface area (Å²) in [6, 6.07) is 6.32. The Morgan fingerprint density at radius 1 is 1.07 bits per heavy atom. The van der Waals surface area contributed by atoms with E-state index in [2.05, 4.69) is 9.97 Å². The molecule has 1 heterocycles. The highest BCUT2D eigenvalue weighted by molar-refractivity contribution is 6.31. The van der Waals surface area contributed by atoms with E-state index in [0.29, 0.717) is 11.3 Å². The molecule has 1 aromatic heterocycles. The Balaban J connectivity index is 2.61. The molecule has 0 aliphatic heterocycles. The molecular weight excluding hydrogens is 203 g/mol. The summed E-state index contributed by atoms with van der Waals surface area (Å²) in [6.07, 6.45) is 2.94. The molecule has 2 rings (SSSR count). The first kappa shape index (κ1) is 9.09. The number of rotatable bonds is 1. The molecule has 0 aliphatic carbocycles. The first-order valence-electron chi connectivity index (χ1n) is 4.00. The topological polar surface area (TPSA) is 25.8 Å². The van der Waals surface area contributed by atoms with Gasteiger partial charge >= 0.3 is 0 Å². The maximum absolute atomic E-state index is 13.3. The van der Waals surface area contributed by atoms with Crippen LogP contribution in [0.25, 0.3) is 11.3 Å². The largest absolute Gasteiger partial charge is 0.251 e. The molecule has 2 nitrogen and oxygen atoms in total. The molecule has 4 heteroatoms. The molecular formula is C10H6ClFN2. The van der Waals surface area contributed by atoms with Gasteiger partial charge in [-0.1, -0.05) is 23.7 Å². The third kappa shape index (κ3) is 1.59. The van der Waals surface area contributed by atoms with Gasteiger partial charge in [0, 0.05) is 18.0 Å². The van der Waals surface area contributed by atoms with Crippen molar-refractivity contribution in [1.29, 1.82) is 0 Å². The molecule has 1 aromatic carbocycles. The molecule has 0 aliphatic rings. The predicted octanol–water partition coefficient (Wildman–Crippen LogP) is 2.94. The van der Waals surface area contributed by atoms with Crippen molar-refractivity contribution in [2.45, 2.75) is 0 Å². The number of aromatic nitrogens is 2. The molecule has 0 atom stereocenters. The minimum absolute atomic E-state index is 0.206. The van der Waals surface area contributed by atoms with Crippen molar-refractivity contribution < 1.29 is 4.39 Å². The second-order valence-corrected chi connectivity index (χ2v) is 3.03. The van der Waals surface area contributed by atoms with Gasteiger partial charge in [0.2, 0.25) is 0 Å². The van der Waals surface area contributed by atoms with Crippen molar-refractivity contribution in [3.05, 3.63) is 47.6 Å².